The summed E-state index contributed by atoms with van der Waals surface area (Å²) in [5, 5.41) is 2.38. The third-order valence-corrected chi connectivity index (χ3v) is 5.09. The Kier molecular flexibility index (Phi) is 7.77. The number of Topliss-reactive ketones (excluding diaryl/α,β-unsaturated/α-hetero) is 1. The monoisotopic (exact) mass is 390 g/mol. The molecule has 2 aromatic carbocycles. The van der Waals surface area contributed by atoms with Gasteiger partial charge in [0.1, 0.15) is 6.10 Å². The lowest BCUT2D eigenvalue weighted by Crippen LogP contribution is -2.26. The van der Waals surface area contributed by atoms with E-state index >= 15 is 0 Å². The van der Waals surface area contributed by atoms with E-state index in [1.54, 1.807) is 17.0 Å². The van der Waals surface area contributed by atoms with E-state index in [1.807, 2.05) is 19.2 Å². The largest absolute Gasteiger partial charge is 0.365 e. The molecule has 0 saturated heterocycles. The summed E-state index contributed by atoms with van der Waals surface area (Å²) in [6.45, 7) is 2.60. The van der Waals surface area contributed by atoms with Gasteiger partial charge >= 0.3 is 0 Å². The molecule has 0 bridgehead atoms. The molecule has 152 valence electrons. The summed E-state index contributed by atoms with van der Waals surface area (Å²) >= 11 is 0. The van der Waals surface area contributed by atoms with Gasteiger partial charge in [0.2, 0.25) is 5.78 Å². The van der Waals surface area contributed by atoms with Crippen LogP contribution < -0.4 is 0 Å². The molecule has 0 aliphatic rings. The quantitative estimate of drug-likeness (QED) is 0.234. The first-order valence-corrected chi connectivity index (χ1v) is 10.4. The van der Waals surface area contributed by atoms with Crippen molar-refractivity contribution in [3.63, 3.8) is 0 Å². The molecule has 0 N–H and O–H groups in total. The summed E-state index contributed by atoms with van der Waals surface area (Å²) in [6.07, 6.45) is 12.4. The SMILES string of the molecule is CCCCC/C=C\C[C@H](OCc1ccc2ccccc2c1)C(=O)c1nccn1C. The standard InChI is InChI=1S/C25H30N2O2/c1-3-4-5-6-7-8-13-23(24(28)25-26-16-17-27(25)2)29-19-20-14-15-21-11-9-10-12-22(21)18-20/h7-12,14-18,23H,3-6,13,19H2,1-2H3/b8-7-/t23-/m0/s1. The lowest BCUT2D eigenvalue weighted by Gasteiger charge is -2.15. The Bertz CT molecular complexity index is 958. The van der Waals surface area contributed by atoms with Crippen LogP contribution in [0.5, 0.6) is 0 Å². The normalized spacial score (nSPS) is 12.6. The fraction of sp³-hybridized carbons (Fsp3) is 0.360. The number of rotatable bonds is 11. The number of carbonyl (C=O) groups is 1. The van der Waals surface area contributed by atoms with E-state index in [1.165, 1.54) is 30.0 Å². The smallest absolute Gasteiger partial charge is 0.227 e. The maximum atomic E-state index is 13.0. The number of aromatic nitrogens is 2. The Morgan fingerprint density at radius 1 is 1.14 bits per heavy atom. The van der Waals surface area contributed by atoms with Crippen LogP contribution in [0.2, 0.25) is 0 Å². The molecule has 0 aliphatic heterocycles. The zero-order valence-electron chi connectivity index (χ0n) is 17.4. The van der Waals surface area contributed by atoms with Gasteiger partial charge in [-0.3, -0.25) is 4.79 Å². The number of imidazole rings is 1. The van der Waals surface area contributed by atoms with Crippen LogP contribution in [0.4, 0.5) is 0 Å². The van der Waals surface area contributed by atoms with Crippen molar-refractivity contribution in [1.82, 2.24) is 9.55 Å². The number of aryl methyl sites for hydroxylation is 1. The van der Waals surface area contributed by atoms with Gasteiger partial charge in [0, 0.05) is 19.4 Å². The van der Waals surface area contributed by atoms with E-state index in [2.05, 4.69) is 54.4 Å². The maximum absolute atomic E-state index is 13.0. The third-order valence-electron chi connectivity index (χ3n) is 5.09. The fourth-order valence-corrected chi connectivity index (χ4v) is 3.37. The number of allylic oxidation sites excluding steroid dienone is 1. The molecule has 0 spiro atoms. The highest BCUT2D eigenvalue weighted by molar-refractivity contribution is 5.96. The highest BCUT2D eigenvalue weighted by atomic mass is 16.5. The zero-order chi connectivity index (χ0) is 20.5. The van der Waals surface area contributed by atoms with Crippen molar-refractivity contribution in [2.75, 3.05) is 0 Å². The first kappa shape index (κ1) is 21.0. The van der Waals surface area contributed by atoms with E-state index in [9.17, 15) is 4.79 Å². The van der Waals surface area contributed by atoms with Crippen LogP contribution in [-0.2, 0) is 18.4 Å². The van der Waals surface area contributed by atoms with Crippen LogP contribution in [0.15, 0.2) is 67.0 Å². The average Bonchev–Trinajstić information content (AvgIpc) is 3.18. The molecular weight excluding hydrogens is 360 g/mol. The number of ketones is 1. The number of ether oxygens (including phenoxy) is 1. The summed E-state index contributed by atoms with van der Waals surface area (Å²) in [6, 6.07) is 14.5. The lowest BCUT2D eigenvalue weighted by atomic mass is 10.1. The maximum Gasteiger partial charge on any atom is 0.227 e. The minimum atomic E-state index is -0.537. The van der Waals surface area contributed by atoms with Crippen molar-refractivity contribution in [3.05, 3.63) is 78.4 Å². The van der Waals surface area contributed by atoms with Gasteiger partial charge in [-0.2, -0.15) is 0 Å². The van der Waals surface area contributed by atoms with E-state index in [0.717, 1.165) is 12.0 Å². The van der Waals surface area contributed by atoms with Crippen LogP contribution >= 0.6 is 0 Å². The minimum Gasteiger partial charge on any atom is -0.365 e. The molecule has 3 aromatic rings. The van der Waals surface area contributed by atoms with Crippen molar-refractivity contribution in [2.24, 2.45) is 7.05 Å². The summed E-state index contributed by atoms with van der Waals surface area (Å²) < 4.78 is 7.84. The predicted molar refractivity (Wildman–Crippen MR) is 118 cm³/mol. The highest BCUT2D eigenvalue weighted by Gasteiger charge is 2.23. The second kappa shape index (κ2) is 10.7. The summed E-state index contributed by atoms with van der Waals surface area (Å²) in [7, 11) is 1.83. The third kappa shape index (κ3) is 5.88. The van der Waals surface area contributed by atoms with Crippen LogP contribution in [0.1, 0.15) is 55.2 Å². The van der Waals surface area contributed by atoms with Gasteiger partial charge in [0.15, 0.2) is 5.82 Å². The molecule has 3 rings (SSSR count). The molecule has 0 unspecified atom stereocenters. The lowest BCUT2D eigenvalue weighted by molar-refractivity contribution is 0.0341. The minimum absolute atomic E-state index is 0.0727. The molecule has 4 nitrogen and oxygen atoms in total. The predicted octanol–water partition coefficient (Wildman–Crippen LogP) is 5.87. The van der Waals surface area contributed by atoms with E-state index in [-0.39, 0.29) is 5.78 Å². The molecule has 1 aromatic heterocycles. The van der Waals surface area contributed by atoms with Crippen LogP contribution in [0, 0.1) is 0 Å². The van der Waals surface area contributed by atoms with Crippen molar-refractivity contribution in [3.8, 4) is 0 Å². The summed E-state index contributed by atoms with van der Waals surface area (Å²) in [5.74, 6) is 0.365. The van der Waals surface area contributed by atoms with Crippen molar-refractivity contribution in [2.45, 2.75) is 51.7 Å². The number of benzene rings is 2. The molecule has 0 saturated carbocycles. The van der Waals surface area contributed by atoms with Gasteiger partial charge in [0.05, 0.1) is 6.61 Å². The van der Waals surface area contributed by atoms with E-state index < -0.39 is 6.10 Å². The molecule has 1 heterocycles. The number of unbranched alkanes of at least 4 members (excludes halogenated alkanes) is 3. The number of hydrogen-bond acceptors (Lipinski definition) is 3. The Morgan fingerprint density at radius 3 is 2.72 bits per heavy atom. The van der Waals surface area contributed by atoms with E-state index in [4.69, 9.17) is 4.74 Å². The molecule has 29 heavy (non-hydrogen) atoms. The van der Waals surface area contributed by atoms with Gasteiger partial charge in [0.25, 0.3) is 0 Å². The first-order chi connectivity index (χ1) is 14.2. The van der Waals surface area contributed by atoms with Gasteiger partial charge < -0.3 is 9.30 Å². The van der Waals surface area contributed by atoms with Crippen LogP contribution in [-0.4, -0.2) is 21.4 Å². The molecule has 0 aliphatic carbocycles. The summed E-state index contributed by atoms with van der Waals surface area (Å²) in [5.41, 5.74) is 1.06. The molecular formula is C25H30N2O2. The van der Waals surface area contributed by atoms with Gasteiger partial charge in [-0.1, -0.05) is 68.3 Å². The Balaban J connectivity index is 1.67. The van der Waals surface area contributed by atoms with Gasteiger partial charge in [-0.05, 0) is 41.7 Å². The zero-order valence-corrected chi connectivity index (χ0v) is 17.4. The van der Waals surface area contributed by atoms with Crippen molar-refractivity contribution < 1.29 is 9.53 Å². The molecule has 0 radical (unpaired) electrons. The molecule has 4 heteroatoms. The molecule has 1 atom stereocenters. The van der Waals surface area contributed by atoms with Crippen molar-refractivity contribution >= 4 is 16.6 Å². The first-order valence-electron chi connectivity index (χ1n) is 10.4. The Morgan fingerprint density at radius 2 is 1.97 bits per heavy atom. The number of carbonyl (C=O) groups excluding carboxylic acids is 1. The van der Waals surface area contributed by atoms with Crippen LogP contribution in [0.25, 0.3) is 10.8 Å². The Hall–Kier alpha value is -2.72. The van der Waals surface area contributed by atoms with Crippen LogP contribution in [0.3, 0.4) is 0 Å². The molecule has 0 fully saturated rings. The second-order valence-electron chi connectivity index (χ2n) is 7.41. The summed E-state index contributed by atoms with van der Waals surface area (Å²) in [4.78, 5) is 17.2. The average molecular weight is 391 g/mol. The topological polar surface area (TPSA) is 44.1 Å². The molecule has 0 amide bonds. The highest BCUT2D eigenvalue weighted by Crippen LogP contribution is 2.18. The number of nitrogens with zero attached hydrogens (tertiary/aromatic N) is 2. The van der Waals surface area contributed by atoms with E-state index in [0.29, 0.717) is 18.9 Å². The van der Waals surface area contributed by atoms with Gasteiger partial charge in [-0.15, -0.1) is 0 Å². The number of fused-ring (bicyclic) bond motifs is 1. The second-order valence-corrected chi connectivity index (χ2v) is 7.41. The fourth-order valence-electron chi connectivity index (χ4n) is 3.37. The number of hydrogen-bond donors (Lipinski definition) is 0. The Labute approximate surface area is 173 Å². The van der Waals surface area contributed by atoms with Crippen molar-refractivity contribution in [1.29, 1.82) is 0 Å². The van der Waals surface area contributed by atoms with Gasteiger partial charge in [-0.25, -0.2) is 4.98 Å².